The van der Waals surface area contributed by atoms with Crippen LogP contribution in [0.3, 0.4) is 0 Å². The lowest BCUT2D eigenvalue weighted by atomic mass is 10.1. The van der Waals surface area contributed by atoms with E-state index in [0.29, 0.717) is 0 Å². The Labute approximate surface area is 96.2 Å². The monoisotopic (exact) mass is 224 g/mol. The summed E-state index contributed by atoms with van der Waals surface area (Å²) in [6, 6.07) is 0.222. The quantitative estimate of drug-likeness (QED) is 0.689. The first-order valence-corrected chi connectivity index (χ1v) is 5.98. The van der Waals surface area contributed by atoms with E-state index in [-0.39, 0.29) is 30.0 Å². The Bertz CT molecular complexity index is 291. The highest BCUT2D eigenvalue weighted by Crippen LogP contribution is 2.23. The van der Waals surface area contributed by atoms with Crippen LogP contribution in [-0.4, -0.2) is 31.2 Å². The Kier molecular flexibility index (Phi) is 3.61. The molecule has 4 atom stereocenters. The zero-order valence-corrected chi connectivity index (χ0v) is 9.69. The van der Waals surface area contributed by atoms with Crippen LogP contribution in [0.1, 0.15) is 25.7 Å². The van der Waals surface area contributed by atoms with Crippen molar-refractivity contribution in [2.75, 3.05) is 7.11 Å². The van der Waals surface area contributed by atoms with Gasteiger partial charge in [-0.15, -0.1) is 0 Å². The van der Waals surface area contributed by atoms with E-state index < -0.39 is 0 Å². The number of nitrogens with two attached hydrogens (primary N) is 1. The highest BCUT2D eigenvalue weighted by Gasteiger charge is 2.31. The van der Waals surface area contributed by atoms with Crippen LogP contribution >= 0.6 is 0 Å². The van der Waals surface area contributed by atoms with Gasteiger partial charge in [0.25, 0.3) is 0 Å². The molecule has 0 aliphatic heterocycles. The Hall–Kier alpha value is -0.870. The van der Waals surface area contributed by atoms with E-state index in [9.17, 15) is 4.79 Å². The second-order valence-electron chi connectivity index (χ2n) is 4.71. The summed E-state index contributed by atoms with van der Waals surface area (Å²) in [6.45, 7) is 0. The molecule has 2 aliphatic rings. The van der Waals surface area contributed by atoms with Crippen molar-refractivity contribution in [1.29, 1.82) is 0 Å². The summed E-state index contributed by atoms with van der Waals surface area (Å²) >= 11 is 0. The van der Waals surface area contributed by atoms with Gasteiger partial charge in [0.15, 0.2) is 0 Å². The van der Waals surface area contributed by atoms with E-state index in [1.807, 2.05) is 12.2 Å². The van der Waals surface area contributed by atoms with Gasteiger partial charge in [-0.05, 0) is 25.7 Å². The van der Waals surface area contributed by atoms with Gasteiger partial charge in [0.05, 0.1) is 18.1 Å². The molecule has 0 saturated heterocycles. The number of amides is 1. The van der Waals surface area contributed by atoms with Crippen LogP contribution in [0.25, 0.3) is 0 Å². The normalized spacial score (nSPS) is 37.9. The maximum atomic E-state index is 11.9. The van der Waals surface area contributed by atoms with E-state index in [4.69, 9.17) is 10.5 Å². The molecule has 3 N–H and O–H groups in total. The van der Waals surface area contributed by atoms with Crippen molar-refractivity contribution in [2.24, 2.45) is 11.7 Å². The van der Waals surface area contributed by atoms with Crippen LogP contribution in [-0.2, 0) is 9.53 Å². The van der Waals surface area contributed by atoms with Crippen LogP contribution in [0.5, 0.6) is 0 Å². The Morgan fingerprint density at radius 1 is 1.44 bits per heavy atom. The predicted molar refractivity (Wildman–Crippen MR) is 61.8 cm³/mol. The summed E-state index contributed by atoms with van der Waals surface area (Å²) in [5.41, 5.74) is 5.73. The molecule has 0 aromatic carbocycles. The number of methoxy groups -OCH3 is 1. The summed E-state index contributed by atoms with van der Waals surface area (Å²) in [4.78, 5) is 11.9. The molecular formula is C12H20N2O2. The van der Waals surface area contributed by atoms with Gasteiger partial charge in [-0.25, -0.2) is 0 Å². The van der Waals surface area contributed by atoms with Crippen molar-refractivity contribution in [3.8, 4) is 0 Å². The third kappa shape index (κ3) is 2.44. The van der Waals surface area contributed by atoms with Crippen molar-refractivity contribution in [1.82, 2.24) is 5.32 Å². The van der Waals surface area contributed by atoms with Gasteiger partial charge in [0, 0.05) is 13.2 Å². The summed E-state index contributed by atoms with van der Waals surface area (Å²) in [6.07, 6.45) is 7.93. The Morgan fingerprint density at radius 2 is 2.25 bits per heavy atom. The molecule has 90 valence electrons. The standard InChI is InChI=1S/C12H20N2O2/c1-16-11-4-2-3-10(11)14-12(15)8-5-6-9(13)7-8/h5-6,8-11H,2-4,7,13H2,1H3,(H,14,15). The molecule has 1 amide bonds. The molecule has 2 rings (SSSR count). The van der Waals surface area contributed by atoms with Crippen LogP contribution in [0, 0.1) is 5.92 Å². The molecule has 0 aromatic rings. The average molecular weight is 224 g/mol. The first-order valence-electron chi connectivity index (χ1n) is 5.98. The zero-order chi connectivity index (χ0) is 11.5. The number of carbonyl (C=O) groups excluding carboxylic acids is 1. The lowest BCUT2D eigenvalue weighted by molar-refractivity contribution is -0.125. The fraction of sp³-hybridized carbons (Fsp3) is 0.750. The summed E-state index contributed by atoms with van der Waals surface area (Å²) in [5, 5.41) is 3.07. The van der Waals surface area contributed by atoms with Crippen molar-refractivity contribution in [3.05, 3.63) is 12.2 Å². The van der Waals surface area contributed by atoms with Gasteiger partial charge >= 0.3 is 0 Å². The second-order valence-corrected chi connectivity index (χ2v) is 4.71. The summed E-state index contributed by atoms with van der Waals surface area (Å²) in [7, 11) is 1.71. The molecule has 0 spiro atoms. The molecule has 0 radical (unpaired) electrons. The maximum Gasteiger partial charge on any atom is 0.227 e. The lowest BCUT2D eigenvalue weighted by Gasteiger charge is -2.21. The highest BCUT2D eigenvalue weighted by molar-refractivity contribution is 5.81. The van der Waals surface area contributed by atoms with Gasteiger partial charge in [-0.1, -0.05) is 12.2 Å². The number of hydrogen-bond acceptors (Lipinski definition) is 3. The van der Waals surface area contributed by atoms with Gasteiger partial charge in [0.1, 0.15) is 0 Å². The smallest absolute Gasteiger partial charge is 0.227 e. The average Bonchev–Trinajstić information content (AvgIpc) is 2.86. The van der Waals surface area contributed by atoms with Gasteiger partial charge in [-0.3, -0.25) is 4.79 Å². The Balaban J connectivity index is 1.85. The highest BCUT2D eigenvalue weighted by atomic mass is 16.5. The molecule has 4 unspecified atom stereocenters. The predicted octanol–water partition coefficient (Wildman–Crippen LogP) is 0.574. The minimum Gasteiger partial charge on any atom is -0.379 e. The van der Waals surface area contributed by atoms with Crippen molar-refractivity contribution in [2.45, 2.75) is 43.9 Å². The van der Waals surface area contributed by atoms with E-state index in [1.54, 1.807) is 7.11 Å². The van der Waals surface area contributed by atoms with E-state index in [0.717, 1.165) is 25.7 Å². The fourth-order valence-electron chi connectivity index (χ4n) is 2.58. The number of nitrogens with one attached hydrogen (secondary N) is 1. The minimum absolute atomic E-state index is 0.0394. The number of ether oxygens (including phenoxy) is 1. The topological polar surface area (TPSA) is 64.3 Å². The fourth-order valence-corrected chi connectivity index (χ4v) is 2.58. The molecule has 1 fully saturated rings. The van der Waals surface area contributed by atoms with Crippen molar-refractivity contribution in [3.63, 3.8) is 0 Å². The maximum absolute atomic E-state index is 11.9. The summed E-state index contributed by atoms with van der Waals surface area (Å²) < 4.78 is 5.35. The largest absolute Gasteiger partial charge is 0.379 e. The van der Waals surface area contributed by atoms with Crippen molar-refractivity contribution >= 4 is 5.91 Å². The van der Waals surface area contributed by atoms with E-state index in [1.165, 1.54) is 0 Å². The summed E-state index contributed by atoms with van der Waals surface area (Å²) in [5.74, 6) is 0.0475. The lowest BCUT2D eigenvalue weighted by Crippen LogP contribution is -2.43. The first kappa shape index (κ1) is 11.6. The molecule has 2 aliphatic carbocycles. The molecule has 4 heteroatoms. The third-order valence-electron chi connectivity index (χ3n) is 3.54. The van der Waals surface area contributed by atoms with Crippen LogP contribution < -0.4 is 11.1 Å². The second kappa shape index (κ2) is 4.97. The molecule has 0 aromatic heterocycles. The third-order valence-corrected chi connectivity index (χ3v) is 3.54. The number of rotatable bonds is 3. The van der Waals surface area contributed by atoms with Crippen LogP contribution in [0.15, 0.2) is 12.2 Å². The van der Waals surface area contributed by atoms with Crippen molar-refractivity contribution < 1.29 is 9.53 Å². The number of hydrogen-bond donors (Lipinski definition) is 2. The molecule has 0 bridgehead atoms. The van der Waals surface area contributed by atoms with E-state index >= 15 is 0 Å². The van der Waals surface area contributed by atoms with Gasteiger partial charge in [-0.2, -0.15) is 0 Å². The first-order chi connectivity index (χ1) is 7.70. The molecule has 4 nitrogen and oxygen atoms in total. The van der Waals surface area contributed by atoms with Gasteiger partial charge in [0.2, 0.25) is 5.91 Å². The van der Waals surface area contributed by atoms with E-state index in [2.05, 4.69) is 5.32 Å². The van der Waals surface area contributed by atoms with Crippen LogP contribution in [0.4, 0.5) is 0 Å². The number of carbonyl (C=O) groups is 1. The minimum atomic E-state index is -0.0480. The Morgan fingerprint density at radius 3 is 2.88 bits per heavy atom. The molecule has 16 heavy (non-hydrogen) atoms. The molecule has 0 heterocycles. The zero-order valence-electron chi connectivity index (χ0n) is 9.69. The SMILES string of the molecule is COC1CCCC1NC(=O)C1C=CC(N)C1. The molecular weight excluding hydrogens is 204 g/mol. The van der Waals surface area contributed by atoms with Crippen LogP contribution in [0.2, 0.25) is 0 Å². The van der Waals surface area contributed by atoms with Gasteiger partial charge < -0.3 is 15.8 Å². The molecule has 1 saturated carbocycles.